The van der Waals surface area contributed by atoms with Gasteiger partial charge in [-0.2, -0.15) is 0 Å². The minimum absolute atomic E-state index is 0.0303. The molecule has 1 saturated heterocycles. The third-order valence-corrected chi connectivity index (χ3v) is 3.31. The maximum absolute atomic E-state index is 12.3. The van der Waals surface area contributed by atoms with Crippen LogP contribution in [-0.2, 0) is 9.59 Å². The van der Waals surface area contributed by atoms with Gasteiger partial charge >= 0.3 is 6.03 Å². The summed E-state index contributed by atoms with van der Waals surface area (Å²) in [6.45, 7) is 3.44. The van der Waals surface area contributed by atoms with Gasteiger partial charge in [0.2, 0.25) is 5.75 Å². The molecule has 0 unspecified atom stereocenters. The number of aromatic hydroxyl groups is 1. The van der Waals surface area contributed by atoms with Gasteiger partial charge in [0.25, 0.3) is 11.8 Å². The number of nitrogens with one attached hydrogen (secondary N) is 1. The molecule has 1 heterocycles. The van der Waals surface area contributed by atoms with Gasteiger partial charge in [-0.3, -0.25) is 19.8 Å². The number of phenolic OH excluding ortho intramolecular Hbond substituents is 1. The van der Waals surface area contributed by atoms with Gasteiger partial charge < -0.3 is 14.6 Å². The Kier molecular flexibility index (Phi) is 4.88. The molecule has 126 valence electrons. The lowest BCUT2D eigenvalue weighted by Gasteiger charge is -2.25. The maximum Gasteiger partial charge on any atom is 0.331 e. The molecule has 1 aliphatic heterocycles. The summed E-state index contributed by atoms with van der Waals surface area (Å²) >= 11 is 0. The summed E-state index contributed by atoms with van der Waals surface area (Å²) in [5.41, 5.74) is 0.152. The molecule has 0 aliphatic carbocycles. The number of barbiturate groups is 1. The highest BCUT2D eigenvalue weighted by Crippen LogP contribution is 2.37. The van der Waals surface area contributed by atoms with Crippen LogP contribution in [-0.4, -0.2) is 48.6 Å². The Bertz CT molecular complexity index is 728. The van der Waals surface area contributed by atoms with E-state index in [1.807, 2.05) is 0 Å². The zero-order chi connectivity index (χ0) is 17.9. The number of phenols is 1. The first-order valence-electron chi connectivity index (χ1n) is 6.87. The minimum atomic E-state index is -0.809. The number of imide groups is 2. The first-order chi connectivity index (χ1) is 11.4. The Morgan fingerprint density at radius 1 is 1.21 bits per heavy atom. The van der Waals surface area contributed by atoms with E-state index in [1.54, 1.807) is 0 Å². The van der Waals surface area contributed by atoms with Crippen molar-refractivity contribution < 1.29 is 29.0 Å². The van der Waals surface area contributed by atoms with E-state index in [2.05, 4.69) is 11.9 Å². The highest BCUT2D eigenvalue weighted by Gasteiger charge is 2.35. The Balaban J connectivity index is 2.49. The lowest BCUT2D eigenvalue weighted by Crippen LogP contribution is -2.54. The quantitative estimate of drug-likeness (QED) is 0.474. The van der Waals surface area contributed by atoms with Gasteiger partial charge in [0, 0.05) is 6.54 Å². The van der Waals surface area contributed by atoms with Crippen molar-refractivity contribution in [1.29, 1.82) is 0 Å². The topological polar surface area (TPSA) is 105 Å². The largest absolute Gasteiger partial charge is 0.502 e. The van der Waals surface area contributed by atoms with Gasteiger partial charge in [-0.15, -0.1) is 6.58 Å². The molecule has 1 fully saturated rings. The fourth-order valence-corrected chi connectivity index (χ4v) is 2.15. The number of hydrogen-bond acceptors (Lipinski definition) is 6. The highest BCUT2D eigenvalue weighted by atomic mass is 16.5. The van der Waals surface area contributed by atoms with E-state index >= 15 is 0 Å². The molecule has 0 atom stereocenters. The summed E-state index contributed by atoms with van der Waals surface area (Å²) in [6, 6.07) is 2.06. The van der Waals surface area contributed by atoms with Crippen molar-refractivity contribution in [3.8, 4) is 17.2 Å². The molecular formula is C16H16N2O6. The Morgan fingerprint density at radius 2 is 1.79 bits per heavy atom. The Hall–Kier alpha value is -3.29. The molecule has 0 spiro atoms. The average molecular weight is 332 g/mol. The summed E-state index contributed by atoms with van der Waals surface area (Å²) in [7, 11) is 2.71. The molecular weight excluding hydrogens is 316 g/mol. The highest BCUT2D eigenvalue weighted by molar-refractivity contribution is 6.31. The van der Waals surface area contributed by atoms with Crippen molar-refractivity contribution in [2.45, 2.75) is 0 Å². The van der Waals surface area contributed by atoms with E-state index < -0.39 is 17.8 Å². The van der Waals surface area contributed by atoms with Crippen LogP contribution in [0.1, 0.15) is 5.56 Å². The lowest BCUT2D eigenvalue weighted by atomic mass is 10.1. The van der Waals surface area contributed by atoms with Crippen LogP contribution in [0.15, 0.2) is 30.4 Å². The molecule has 8 heteroatoms. The molecule has 1 aromatic rings. The van der Waals surface area contributed by atoms with Crippen molar-refractivity contribution >= 4 is 23.9 Å². The van der Waals surface area contributed by atoms with Gasteiger partial charge in [-0.05, 0) is 23.8 Å². The molecule has 0 aromatic heterocycles. The van der Waals surface area contributed by atoms with Gasteiger partial charge in [0.15, 0.2) is 11.5 Å². The van der Waals surface area contributed by atoms with Crippen LogP contribution in [0.5, 0.6) is 17.2 Å². The molecule has 8 nitrogen and oxygen atoms in total. The number of ether oxygens (including phenoxy) is 2. The number of hydrogen-bond donors (Lipinski definition) is 2. The predicted octanol–water partition coefficient (Wildman–Crippen LogP) is 1.06. The number of benzene rings is 1. The van der Waals surface area contributed by atoms with Crippen LogP contribution in [0.25, 0.3) is 6.08 Å². The van der Waals surface area contributed by atoms with Crippen molar-refractivity contribution in [1.82, 2.24) is 10.2 Å². The van der Waals surface area contributed by atoms with Crippen LogP contribution in [0.3, 0.4) is 0 Å². The van der Waals surface area contributed by atoms with Crippen LogP contribution < -0.4 is 14.8 Å². The van der Waals surface area contributed by atoms with E-state index in [0.717, 1.165) is 4.90 Å². The number of methoxy groups -OCH3 is 2. The van der Waals surface area contributed by atoms with Gasteiger partial charge in [-0.1, -0.05) is 6.08 Å². The zero-order valence-electron chi connectivity index (χ0n) is 13.2. The van der Waals surface area contributed by atoms with Gasteiger partial charge in [0.05, 0.1) is 14.2 Å². The second kappa shape index (κ2) is 6.86. The van der Waals surface area contributed by atoms with Crippen molar-refractivity contribution in [2.24, 2.45) is 0 Å². The fourth-order valence-electron chi connectivity index (χ4n) is 2.15. The number of carbonyl (C=O) groups is 3. The minimum Gasteiger partial charge on any atom is -0.502 e. The Morgan fingerprint density at radius 3 is 2.29 bits per heavy atom. The van der Waals surface area contributed by atoms with Crippen molar-refractivity contribution in [3.63, 3.8) is 0 Å². The lowest BCUT2D eigenvalue weighted by molar-refractivity contribution is -0.129. The van der Waals surface area contributed by atoms with E-state index in [4.69, 9.17) is 9.47 Å². The van der Waals surface area contributed by atoms with Crippen LogP contribution in [0.4, 0.5) is 4.79 Å². The summed E-state index contributed by atoms with van der Waals surface area (Å²) in [5.74, 6) is -1.52. The normalized spacial score (nSPS) is 16.2. The van der Waals surface area contributed by atoms with E-state index in [1.165, 1.54) is 38.5 Å². The molecule has 1 aliphatic rings. The molecule has 2 N–H and O–H groups in total. The zero-order valence-corrected chi connectivity index (χ0v) is 13.2. The summed E-state index contributed by atoms with van der Waals surface area (Å²) in [4.78, 5) is 36.8. The molecule has 0 radical (unpaired) electrons. The van der Waals surface area contributed by atoms with Crippen molar-refractivity contribution in [2.75, 3.05) is 20.8 Å². The molecule has 24 heavy (non-hydrogen) atoms. The van der Waals surface area contributed by atoms with E-state index in [9.17, 15) is 19.5 Å². The fraction of sp³-hybridized carbons (Fsp3) is 0.188. The second-order valence-electron chi connectivity index (χ2n) is 4.80. The predicted molar refractivity (Wildman–Crippen MR) is 84.6 cm³/mol. The first-order valence-corrected chi connectivity index (χ1v) is 6.87. The summed E-state index contributed by atoms with van der Waals surface area (Å²) < 4.78 is 10.1. The summed E-state index contributed by atoms with van der Waals surface area (Å²) in [5, 5.41) is 12.0. The van der Waals surface area contributed by atoms with Gasteiger partial charge in [-0.25, -0.2) is 4.79 Å². The standard InChI is InChI=1S/C16H16N2O6/c1-4-5-18-15(21)10(14(20)17-16(18)22)6-9-7-11(23-2)13(19)12(8-9)24-3/h4,6-8,19H,1,5H2,2-3H3,(H,17,20,22)/b10-6-. The number of amides is 4. The van der Waals surface area contributed by atoms with Crippen LogP contribution >= 0.6 is 0 Å². The third-order valence-electron chi connectivity index (χ3n) is 3.31. The van der Waals surface area contributed by atoms with Gasteiger partial charge in [0.1, 0.15) is 5.57 Å². The second-order valence-corrected chi connectivity index (χ2v) is 4.80. The number of nitrogens with zero attached hydrogens (tertiary/aromatic N) is 1. The third kappa shape index (κ3) is 3.07. The van der Waals surface area contributed by atoms with Crippen LogP contribution in [0, 0.1) is 0 Å². The van der Waals surface area contributed by atoms with E-state index in [0.29, 0.717) is 5.56 Å². The number of carbonyl (C=O) groups excluding carboxylic acids is 3. The SMILES string of the molecule is C=CCN1C(=O)NC(=O)/C(=C/c2cc(OC)c(O)c(OC)c2)C1=O. The maximum atomic E-state index is 12.3. The molecule has 0 bridgehead atoms. The monoisotopic (exact) mass is 332 g/mol. The number of rotatable bonds is 5. The molecule has 1 aromatic carbocycles. The average Bonchev–Trinajstić information content (AvgIpc) is 2.56. The summed E-state index contributed by atoms with van der Waals surface area (Å²) in [6.07, 6.45) is 2.65. The molecule has 4 amide bonds. The Labute approximate surface area is 138 Å². The van der Waals surface area contributed by atoms with Crippen LogP contribution in [0.2, 0.25) is 0 Å². The number of urea groups is 1. The van der Waals surface area contributed by atoms with Crippen molar-refractivity contribution in [3.05, 3.63) is 35.9 Å². The molecule has 2 rings (SSSR count). The van der Waals surface area contributed by atoms with E-state index in [-0.39, 0.29) is 29.4 Å². The first kappa shape index (κ1) is 17.1. The molecule has 0 saturated carbocycles. The smallest absolute Gasteiger partial charge is 0.331 e.